The van der Waals surface area contributed by atoms with Crippen LogP contribution >= 0.6 is 11.8 Å². The van der Waals surface area contributed by atoms with Crippen molar-refractivity contribution in [2.45, 2.75) is 58.3 Å². The predicted molar refractivity (Wildman–Crippen MR) is 83.8 cm³/mol. The normalized spacial score (nSPS) is 11.4. The van der Waals surface area contributed by atoms with E-state index in [0.29, 0.717) is 0 Å². The van der Waals surface area contributed by atoms with Gasteiger partial charge in [-0.3, -0.25) is 4.79 Å². The highest BCUT2D eigenvalue weighted by Gasteiger charge is 2.18. The number of fused-ring (bicyclic) bond motifs is 1. The Balaban J connectivity index is 2.40. The van der Waals surface area contributed by atoms with Crippen LogP contribution in [0.4, 0.5) is 0 Å². The Hall–Kier alpha value is -1.50. The maximum absolute atomic E-state index is 10.8. The summed E-state index contributed by atoms with van der Waals surface area (Å²) in [6, 6.07) is 0. The van der Waals surface area contributed by atoms with Gasteiger partial charge in [0.2, 0.25) is 0 Å². The Bertz CT molecular complexity index is 632. The van der Waals surface area contributed by atoms with Gasteiger partial charge in [-0.25, -0.2) is 9.67 Å². The molecule has 0 radical (unpaired) electrons. The standard InChI is InChI=1S/C14H22N4O2S/c1-4-6-7-8-17-13-12(10(3)16-18(13)5-2)15-14(17)21-9-11(19)20/h4-9H2,1-3H3,(H,19,20). The molecule has 2 heterocycles. The number of imidazole rings is 1. The van der Waals surface area contributed by atoms with Crippen molar-refractivity contribution in [2.24, 2.45) is 0 Å². The third-order valence-corrected chi connectivity index (χ3v) is 4.33. The number of thioether (sulfide) groups is 1. The zero-order chi connectivity index (χ0) is 15.4. The second kappa shape index (κ2) is 6.98. The van der Waals surface area contributed by atoms with Crippen molar-refractivity contribution in [2.75, 3.05) is 5.75 Å². The van der Waals surface area contributed by atoms with Crippen molar-refractivity contribution in [3.63, 3.8) is 0 Å². The monoisotopic (exact) mass is 310 g/mol. The largest absolute Gasteiger partial charge is 0.481 e. The summed E-state index contributed by atoms with van der Waals surface area (Å²) in [7, 11) is 0. The van der Waals surface area contributed by atoms with E-state index in [4.69, 9.17) is 5.11 Å². The molecule has 0 saturated heterocycles. The van der Waals surface area contributed by atoms with Gasteiger partial charge in [0.1, 0.15) is 5.52 Å². The molecule has 21 heavy (non-hydrogen) atoms. The molecule has 7 heteroatoms. The van der Waals surface area contributed by atoms with Gasteiger partial charge in [-0.1, -0.05) is 31.5 Å². The van der Waals surface area contributed by atoms with Gasteiger partial charge < -0.3 is 9.67 Å². The molecular weight excluding hydrogens is 288 g/mol. The summed E-state index contributed by atoms with van der Waals surface area (Å²) in [5.41, 5.74) is 2.80. The Morgan fingerprint density at radius 3 is 2.71 bits per heavy atom. The quantitative estimate of drug-likeness (QED) is 0.599. The highest BCUT2D eigenvalue weighted by Crippen LogP contribution is 2.26. The summed E-state index contributed by atoms with van der Waals surface area (Å²) in [5.74, 6) is -0.785. The summed E-state index contributed by atoms with van der Waals surface area (Å²) in [5, 5.41) is 14.2. The molecule has 0 aliphatic rings. The first kappa shape index (κ1) is 15.9. The number of hydrogen-bond donors (Lipinski definition) is 1. The van der Waals surface area contributed by atoms with Gasteiger partial charge in [-0.15, -0.1) is 0 Å². The molecule has 2 rings (SSSR count). The van der Waals surface area contributed by atoms with Crippen LogP contribution in [0.1, 0.15) is 38.8 Å². The molecule has 6 nitrogen and oxygen atoms in total. The lowest BCUT2D eigenvalue weighted by Gasteiger charge is -2.09. The average molecular weight is 310 g/mol. The Kier molecular flexibility index (Phi) is 5.27. The van der Waals surface area contributed by atoms with Crippen LogP contribution in [0.2, 0.25) is 0 Å². The highest BCUT2D eigenvalue weighted by atomic mass is 32.2. The number of aliphatic carboxylic acids is 1. The van der Waals surface area contributed by atoms with Crippen molar-refractivity contribution in [3.05, 3.63) is 5.69 Å². The summed E-state index contributed by atoms with van der Waals surface area (Å²) < 4.78 is 4.08. The Labute approximate surface area is 128 Å². The Morgan fingerprint density at radius 1 is 1.33 bits per heavy atom. The van der Waals surface area contributed by atoms with Crippen molar-refractivity contribution in [1.29, 1.82) is 0 Å². The van der Waals surface area contributed by atoms with E-state index in [0.717, 1.165) is 54.4 Å². The molecule has 2 aromatic rings. The van der Waals surface area contributed by atoms with Crippen molar-refractivity contribution in [1.82, 2.24) is 19.3 Å². The fourth-order valence-corrected chi connectivity index (χ4v) is 3.12. The first-order chi connectivity index (χ1) is 10.1. The molecule has 0 bridgehead atoms. The number of carboxylic acid groups (broad SMARTS) is 1. The van der Waals surface area contributed by atoms with E-state index in [9.17, 15) is 4.79 Å². The molecule has 0 amide bonds. The van der Waals surface area contributed by atoms with Crippen molar-refractivity contribution >= 4 is 28.9 Å². The summed E-state index contributed by atoms with van der Waals surface area (Å²) in [6.07, 6.45) is 3.37. The maximum Gasteiger partial charge on any atom is 0.313 e. The van der Waals surface area contributed by atoms with E-state index < -0.39 is 5.97 Å². The van der Waals surface area contributed by atoms with E-state index >= 15 is 0 Å². The van der Waals surface area contributed by atoms with E-state index in [2.05, 4.69) is 28.5 Å². The molecule has 0 aliphatic carbocycles. The fraction of sp³-hybridized carbons (Fsp3) is 0.643. The van der Waals surface area contributed by atoms with Gasteiger partial charge in [0.15, 0.2) is 10.8 Å². The van der Waals surface area contributed by atoms with Crippen LogP contribution in [0.3, 0.4) is 0 Å². The summed E-state index contributed by atoms with van der Waals surface area (Å²) in [4.78, 5) is 15.4. The topological polar surface area (TPSA) is 72.9 Å². The molecule has 2 aromatic heterocycles. The minimum Gasteiger partial charge on any atom is -0.481 e. The molecule has 0 fully saturated rings. The van der Waals surface area contributed by atoms with Crippen LogP contribution in [0.15, 0.2) is 5.16 Å². The number of aromatic nitrogens is 4. The number of unbranched alkanes of at least 4 members (excludes halogenated alkanes) is 2. The lowest BCUT2D eigenvalue weighted by atomic mass is 10.2. The number of aryl methyl sites for hydroxylation is 3. The van der Waals surface area contributed by atoms with Crippen LogP contribution < -0.4 is 0 Å². The lowest BCUT2D eigenvalue weighted by Crippen LogP contribution is -2.08. The van der Waals surface area contributed by atoms with E-state index in [1.54, 1.807) is 0 Å². The van der Waals surface area contributed by atoms with E-state index in [1.807, 2.05) is 11.6 Å². The lowest BCUT2D eigenvalue weighted by molar-refractivity contribution is -0.133. The fourth-order valence-electron chi connectivity index (χ4n) is 2.38. The van der Waals surface area contributed by atoms with Gasteiger partial charge >= 0.3 is 5.97 Å². The first-order valence-corrected chi connectivity index (χ1v) is 8.35. The number of nitrogens with zero attached hydrogens (tertiary/aromatic N) is 4. The van der Waals surface area contributed by atoms with E-state index in [1.165, 1.54) is 11.8 Å². The van der Waals surface area contributed by atoms with Crippen molar-refractivity contribution < 1.29 is 9.90 Å². The molecule has 0 aromatic carbocycles. The third kappa shape index (κ3) is 3.40. The molecule has 0 aliphatic heterocycles. The SMILES string of the molecule is CCCCCn1c(SCC(=O)O)nc2c(C)nn(CC)c21. The number of rotatable bonds is 8. The minimum atomic E-state index is -0.819. The van der Waals surface area contributed by atoms with Gasteiger partial charge in [0.25, 0.3) is 0 Å². The van der Waals surface area contributed by atoms with Gasteiger partial charge in [-0.05, 0) is 20.3 Å². The molecule has 0 spiro atoms. The van der Waals surface area contributed by atoms with E-state index in [-0.39, 0.29) is 5.75 Å². The predicted octanol–water partition coefficient (Wildman–Crippen LogP) is 2.93. The third-order valence-electron chi connectivity index (χ3n) is 3.37. The molecular formula is C14H22N4O2S. The van der Waals surface area contributed by atoms with Crippen LogP contribution in [-0.2, 0) is 17.9 Å². The second-order valence-electron chi connectivity index (χ2n) is 5.01. The second-order valence-corrected chi connectivity index (χ2v) is 5.95. The molecule has 0 atom stereocenters. The zero-order valence-corrected chi connectivity index (χ0v) is 13.6. The van der Waals surface area contributed by atoms with Gasteiger partial charge in [0, 0.05) is 13.1 Å². The Morgan fingerprint density at radius 2 is 2.10 bits per heavy atom. The number of carbonyl (C=O) groups is 1. The molecule has 1 N–H and O–H groups in total. The summed E-state index contributed by atoms with van der Waals surface area (Å²) in [6.45, 7) is 7.82. The highest BCUT2D eigenvalue weighted by molar-refractivity contribution is 7.99. The number of hydrogen-bond acceptors (Lipinski definition) is 4. The minimum absolute atomic E-state index is 0.0337. The average Bonchev–Trinajstić information content (AvgIpc) is 2.95. The maximum atomic E-state index is 10.8. The van der Waals surface area contributed by atoms with Gasteiger partial charge in [-0.2, -0.15) is 5.10 Å². The zero-order valence-electron chi connectivity index (χ0n) is 12.8. The summed E-state index contributed by atoms with van der Waals surface area (Å²) >= 11 is 1.28. The van der Waals surface area contributed by atoms with Crippen LogP contribution in [0, 0.1) is 6.92 Å². The molecule has 0 unspecified atom stereocenters. The number of carboxylic acids is 1. The van der Waals surface area contributed by atoms with Crippen LogP contribution in [0.25, 0.3) is 11.2 Å². The van der Waals surface area contributed by atoms with Crippen LogP contribution in [0.5, 0.6) is 0 Å². The first-order valence-electron chi connectivity index (χ1n) is 7.36. The molecule has 0 saturated carbocycles. The smallest absolute Gasteiger partial charge is 0.313 e. The van der Waals surface area contributed by atoms with Crippen molar-refractivity contribution in [3.8, 4) is 0 Å². The molecule has 116 valence electrons. The van der Waals surface area contributed by atoms with Gasteiger partial charge in [0.05, 0.1) is 11.4 Å². The van der Waals surface area contributed by atoms with Crippen LogP contribution in [-0.4, -0.2) is 36.2 Å².